The van der Waals surface area contributed by atoms with Crippen molar-refractivity contribution in [3.8, 4) is 0 Å². The van der Waals surface area contributed by atoms with Crippen LogP contribution in [0.15, 0.2) is 0 Å². The van der Waals surface area contributed by atoms with Gasteiger partial charge in [-0.05, 0) is 26.7 Å². The van der Waals surface area contributed by atoms with Gasteiger partial charge in [0.1, 0.15) is 6.10 Å². The molecule has 1 saturated heterocycles. The lowest BCUT2D eigenvalue weighted by molar-refractivity contribution is -0.168. The summed E-state index contributed by atoms with van der Waals surface area (Å²) in [6, 6.07) is 0. The van der Waals surface area contributed by atoms with Crippen LogP contribution in [0.5, 0.6) is 0 Å². The monoisotopic (exact) mass is 245 g/mol. The summed E-state index contributed by atoms with van der Waals surface area (Å²) >= 11 is 0. The Balaban J connectivity index is 2.48. The van der Waals surface area contributed by atoms with Crippen molar-refractivity contribution < 1.29 is 19.0 Å². The normalized spacial score (nSPS) is 20.9. The molecule has 1 aliphatic heterocycles. The van der Waals surface area contributed by atoms with Crippen molar-refractivity contribution in [3.05, 3.63) is 0 Å². The number of ether oxygens (including phenoxy) is 3. The Morgan fingerprint density at radius 1 is 1.47 bits per heavy atom. The van der Waals surface area contributed by atoms with E-state index in [2.05, 4.69) is 0 Å². The summed E-state index contributed by atoms with van der Waals surface area (Å²) in [5.74, 6) is -0.212. The fraction of sp³-hybridized carbons (Fsp3) is 0.917. The summed E-state index contributed by atoms with van der Waals surface area (Å²) < 4.78 is 15.9. The highest BCUT2D eigenvalue weighted by Crippen LogP contribution is 2.31. The zero-order valence-electron chi connectivity index (χ0n) is 10.7. The van der Waals surface area contributed by atoms with E-state index in [9.17, 15) is 4.79 Å². The molecule has 1 unspecified atom stereocenters. The first-order valence-electron chi connectivity index (χ1n) is 6.21. The van der Waals surface area contributed by atoms with Crippen molar-refractivity contribution in [1.29, 1.82) is 0 Å². The summed E-state index contributed by atoms with van der Waals surface area (Å²) in [7, 11) is 0. The summed E-state index contributed by atoms with van der Waals surface area (Å²) in [5, 5.41) is 0. The third-order valence-electron chi connectivity index (χ3n) is 3.14. The van der Waals surface area contributed by atoms with Gasteiger partial charge in [0.15, 0.2) is 0 Å². The van der Waals surface area contributed by atoms with Crippen molar-refractivity contribution in [3.63, 3.8) is 0 Å². The minimum absolute atomic E-state index is 0.212. The van der Waals surface area contributed by atoms with Crippen molar-refractivity contribution in [2.45, 2.75) is 32.8 Å². The van der Waals surface area contributed by atoms with Crippen LogP contribution in [-0.4, -0.2) is 45.0 Å². The first kappa shape index (κ1) is 14.4. The molecule has 100 valence electrons. The van der Waals surface area contributed by atoms with Crippen molar-refractivity contribution in [2.24, 2.45) is 11.1 Å². The van der Waals surface area contributed by atoms with Crippen molar-refractivity contribution in [2.75, 3.05) is 33.0 Å². The average Bonchev–Trinajstić information content (AvgIpc) is 2.37. The van der Waals surface area contributed by atoms with E-state index in [1.54, 1.807) is 0 Å². The van der Waals surface area contributed by atoms with Crippen molar-refractivity contribution >= 4 is 5.97 Å². The number of carbonyl (C=O) groups is 1. The molecule has 1 aliphatic rings. The van der Waals surface area contributed by atoms with Crippen molar-refractivity contribution in [1.82, 2.24) is 0 Å². The molecule has 2 N–H and O–H groups in total. The second-order valence-electron chi connectivity index (χ2n) is 4.47. The van der Waals surface area contributed by atoms with Crippen LogP contribution >= 0.6 is 0 Å². The highest BCUT2D eigenvalue weighted by molar-refractivity contribution is 5.77. The predicted molar refractivity (Wildman–Crippen MR) is 63.6 cm³/mol. The molecule has 0 bridgehead atoms. The molecule has 1 atom stereocenters. The number of rotatable bonds is 6. The first-order chi connectivity index (χ1) is 8.14. The number of hydrogen-bond donors (Lipinski definition) is 1. The molecule has 17 heavy (non-hydrogen) atoms. The van der Waals surface area contributed by atoms with Crippen LogP contribution in [0.1, 0.15) is 26.7 Å². The maximum absolute atomic E-state index is 12.1. The van der Waals surface area contributed by atoms with E-state index in [4.69, 9.17) is 19.9 Å². The molecule has 0 aromatic carbocycles. The first-order valence-corrected chi connectivity index (χ1v) is 6.21. The molecule has 0 aliphatic carbocycles. The predicted octanol–water partition coefficient (Wildman–Crippen LogP) is 0.710. The minimum atomic E-state index is -0.557. The van der Waals surface area contributed by atoms with Crippen LogP contribution in [0.4, 0.5) is 0 Å². The third kappa shape index (κ3) is 3.94. The van der Waals surface area contributed by atoms with E-state index in [0.29, 0.717) is 45.8 Å². The van der Waals surface area contributed by atoms with Crippen LogP contribution in [0.25, 0.3) is 0 Å². The van der Waals surface area contributed by atoms with Gasteiger partial charge < -0.3 is 19.9 Å². The van der Waals surface area contributed by atoms with Gasteiger partial charge in [-0.25, -0.2) is 0 Å². The third-order valence-corrected chi connectivity index (χ3v) is 3.14. The Morgan fingerprint density at radius 2 is 2.12 bits per heavy atom. The molecule has 1 heterocycles. The lowest BCUT2D eigenvalue weighted by Gasteiger charge is -2.34. The quantitative estimate of drug-likeness (QED) is 0.698. The minimum Gasteiger partial charge on any atom is -0.460 e. The second kappa shape index (κ2) is 6.93. The molecule has 5 nitrogen and oxygen atoms in total. The summed E-state index contributed by atoms with van der Waals surface area (Å²) in [4.78, 5) is 12.1. The molecule has 0 spiro atoms. The Kier molecular flexibility index (Phi) is 5.88. The number of esters is 1. The summed E-state index contributed by atoms with van der Waals surface area (Å²) in [6.45, 7) is 6.26. The SMILES string of the molecule is CCOCC(C)OC(=O)C1(CN)CCOCC1. The zero-order chi connectivity index (χ0) is 12.7. The Morgan fingerprint density at radius 3 is 2.65 bits per heavy atom. The maximum atomic E-state index is 12.1. The van der Waals surface area contributed by atoms with E-state index in [1.165, 1.54) is 0 Å². The number of hydrogen-bond acceptors (Lipinski definition) is 5. The molecular formula is C12H23NO4. The lowest BCUT2D eigenvalue weighted by atomic mass is 9.80. The molecule has 0 amide bonds. The van der Waals surface area contributed by atoms with E-state index in [1.807, 2.05) is 13.8 Å². The molecule has 1 fully saturated rings. The summed E-state index contributed by atoms with van der Waals surface area (Å²) in [5.41, 5.74) is 5.17. The van der Waals surface area contributed by atoms with Gasteiger partial charge in [-0.2, -0.15) is 0 Å². The topological polar surface area (TPSA) is 70.8 Å². The molecule has 5 heteroatoms. The van der Waals surface area contributed by atoms with Gasteiger partial charge in [0, 0.05) is 26.4 Å². The molecule has 0 aromatic heterocycles. The lowest BCUT2D eigenvalue weighted by Crippen LogP contribution is -2.45. The molecule has 0 saturated carbocycles. The van der Waals surface area contributed by atoms with Gasteiger partial charge in [0.25, 0.3) is 0 Å². The van der Waals surface area contributed by atoms with E-state index in [0.717, 1.165) is 0 Å². The van der Waals surface area contributed by atoms with Crippen LogP contribution in [-0.2, 0) is 19.0 Å². The van der Waals surface area contributed by atoms with Crippen LogP contribution in [0.3, 0.4) is 0 Å². The van der Waals surface area contributed by atoms with E-state index >= 15 is 0 Å². The molecule has 0 aromatic rings. The fourth-order valence-electron chi connectivity index (χ4n) is 1.88. The maximum Gasteiger partial charge on any atom is 0.313 e. The zero-order valence-corrected chi connectivity index (χ0v) is 10.7. The smallest absolute Gasteiger partial charge is 0.313 e. The molecule has 0 radical (unpaired) electrons. The van der Waals surface area contributed by atoms with Gasteiger partial charge in [-0.15, -0.1) is 0 Å². The number of nitrogens with two attached hydrogens (primary N) is 1. The summed E-state index contributed by atoms with van der Waals surface area (Å²) in [6.07, 6.45) is 1.06. The molecular weight excluding hydrogens is 222 g/mol. The second-order valence-corrected chi connectivity index (χ2v) is 4.47. The highest BCUT2D eigenvalue weighted by Gasteiger charge is 2.40. The van der Waals surface area contributed by atoms with Gasteiger partial charge >= 0.3 is 5.97 Å². The largest absolute Gasteiger partial charge is 0.460 e. The fourth-order valence-corrected chi connectivity index (χ4v) is 1.88. The van der Waals surface area contributed by atoms with Crippen LogP contribution < -0.4 is 5.73 Å². The van der Waals surface area contributed by atoms with Gasteiger partial charge in [0.2, 0.25) is 0 Å². The van der Waals surface area contributed by atoms with Gasteiger partial charge in [-0.1, -0.05) is 0 Å². The van der Waals surface area contributed by atoms with E-state index in [-0.39, 0.29) is 12.1 Å². The standard InChI is InChI=1S/C12H23NO4/c1-3-15-8-10(2)17-11(14)12(9-13)4-6-16-7-5-12/h10H,3-9,13H2,1-2H3. The molecule has 1 rings (SSSR count). The Hall–Kier alpha value is -0.650. The highest BCUT2D eigenvalue weighted by atomic mass is 16.6. The van der Waals surface area contributed by atoms with Gasteiger partial charge in [-0.3, -0.25) is 4.79 Å². The van der Waals surface area contributed by atoms with Crippen LogP contribution in [0.2, 0.25) is 0 Å². The average molecular weight is 245 g/mol. The Labute approximate surface area is 103 Å². The number of carbonyl (C=O) groups excluding carboxylic acids is 1. The van der Waals surface area contributed by atoms with Gasteiger partial charge in [0.05, 0.1) is 12.0 Å². The van der Waals surface area contributed by atoms with E-state index < -0.39 is 5.41 Å². The Bertz CT molecular complexity index is 239. The van der Waals surface area contributed by atoms with Crippen LogP contribution in [0, 0.1) is 5.41 Å².